The Bertz CT molecular complexity index is 628. The van der Waals surface area contributed by atoms with Gasteiger partial charge in [-0.25, -0.2) is 0 Å². The molecule has 0 saturated carbocycles. The van der Waals surface area contributed by atoms with E-state index in [-0.39, 0.29) is 12.1 Å². The Balaban J connectivity index is 1.64. The van der Waals surface area contributed by atoms with Crippen molar-refractivity contribution in [1.82, 2.24) is 15.5 Å². The van der Waals surface area contributed by atoms with E-state index in [2.05, 4.69) is 34.5 Å². The van der Waals surface area contributed by atoms with Crippen LogP contribution in [0.1, 0.15) is 37.6 Å². The van der Waals surface area contributed by atoms with Crippen molar-refractivity contribution in [2.45, 2.75) is 44.7 Å². The fraction of sp³-hybridized carbons (Fsp3) is 0.556. The molecular weight excluding hydrogens is 306 g/mol. The molecule has 2 N–H and O–H groups in total. The van der Waals surface area contributed by atoms with E-state index in [9.17, 15) is 5.11 Å². The number of aliphatic hydroxyl groups excluding tert-OH is 1. The molecule has 0 aliphatic carbocycles. The quantitative estimate of drug-likeness (QED) is 0.810. The van der Waals surface area contributed by atoms with Crippen molar-refractivity contribution in [3.05, 3.63) is 35.7 Å². The van der Waals surface area contributed by atoms with Gasteiger partial charge in [-0.2, -0.15) is 4.98 Å². The van der Waals surface area contributed by atoms with E-state index in [4.69, 9.17) is 9.26 Å². The minimum absolute atomic E-state index is 0.107. The van der Waals surface area contributed by atoms with Crippen LogP contribution in [0.15, 0.2) is 28.8 Å². The van der Waals surface area contributed by atoms with Crippen LogP contribution in [0.4, 0.5) is 0 Å². The summed E-state index contributed by atoms with van der Waals surface area (Å²) in [7, 11) is 0. The molecule has 0 amide bonds. The van der Waals surface area contributed by atoms with Crippen molar-refractivity contribution < 1.29 is 14.4 Å². The smallest absolute Gasteiger partial charge is 0.240 e. The Hall–Kier alpha value is -1.76. The molecule has 6 nitrogen and oxygen atoms in total. The highest BCUT2D eigenvalue weighted by atomic mass is 16.5. The van der Waals surface area contributed by atoms with Gasteiger partial charge in [-0.05, 0) is 31.2 Å². The van der Waals surface area contributed by atoms with Crippen molar-refractivity contribution in [3.63, 3.8) is 0 Å². The van der Waals surface area contributed by atoms with Crippen molar-refractivity contribution >= 4 is 0 Å². The molecule has 2 aromatic rings. The number of hydrogen-bond donors (Lipinski definition) is 2. The molecule has 6 heteroatoms. The number of benzene rings is 1. The minimum atomic E-state index is -0.107. The molecule has 1 aliphatic rings. The van der Waals surface area contributed by atoms with Gasteiger partial charge in [0, 0.05) is 30.9 Å². The summed E-state index contributed by atoms with van der Waals surface area (Å²) in [5.41, 5.74) is 2.14. The fourth-order valence-electron chi connectivity index (χ4n) is 3.09. The van der Waals surface area contributed by atoms with E-state index in [0.29, 0.717) is 37.9 Å². The second-order valence-electron chi connectivity index (χ2n) is 6.28. The van der Waals surface area contributed by atoms with Crippen LogP contribution >= 0.6 is 0 Å². The van der Waals surface area contributed by atoms with Crippen molar-refractivity contribution in [2.75, 3.05) is 19.8 Å². The summed E-state index contributed by atoms with van der Waals surface area (Å²) in [5, 5.41) is 16.9. The van der Waals surface area contributed by atoms with Crippen LogP contribution in [0, 0.1) is 0 Å². The topological polar surface area (TPSA) is 80.4 Å². The molecule has 130 valence electrons. The first-order chi connectivity index (χ1) is 11.7. The van der Waals surface area contributed by atoms with Crippen molar-refractivity contribution in [2.24, 2.45) is 0 Å². The highest BCUT2D eigenvalue weighted by Crippen LogP contribution is 2.25. The van der Waals surface area contributed by atoms with Crippen LogP contribution in [0.5, 0.6) is 0 Å². The summed E-state index contributed by atoms with van der Waals surface area (Å²) in [6, 6.07) is 8.21. The molecule has 1 aromatic carbocycles. The zero-order valence-electron chi connectivity index (χ0n) is 14.1. The molecule has 0 atom stereocenters. The lowest BCUT2D eigenvalue weighted by Crippen LogP contribution is -2.49. The summed E-state index contributed by atoms with van der Waals surface area (Å²) < 4.78 is 10.8. The van der Waals surface area contributed by atoms with Gasteiger partial charge >= 0.3 is 0 Å². The Labute approximate surface area is 142 Å². The average molecular weight is 331 g/mol. The first kappa shape index (κ1) is 17.1. The first-order valence-electron chi connectivity index (χ1n) is 8.60. The number of aryl methyl sites for hydroxylation is 1. The minimum Gasteiger partial charge on any atom is -0.396 e. The maximum atomic E-state index is 9.34. The van der Waals surface area contributed by atoms with Crippen LogP contribution < -0.4 is 5.32 Å². The van der Waals surface area contributed by atoms with Crippen LogP contribution in [-0.4, -0.2) is 40.6 Å². The van der Waals surface area contributed by atoms with Gasteiger partial charge < -0.3 is 19.7 Å². The van der Waals surface area contributed by atoms with Gasteiger partial charge in [0.2, 0.25) is 11.7 Å². The summed E-state index contributed by atoms with van der Waals surface area (Å²) in [5.74, 6) is 1.17. The number of aromatic nitrogens is 2. The zero-order chi connectivity index (χ0) is 16.8. The number of rotatable bonds is 7. The lowest BCUT2D eigenvalue weighted by molar-refractivity contribution is 0.0256. The number of aliphatic hydroxyl groups is 1. The van der Waals surface area contributed by atoms with Crippen LogP contribution in [0.3, 0.4) is 0 Å². The molecule has 1 aliphatic heterocycles. The van der Waals surface area contributed by atoms with Gasteiger partial charge in [-0.1, -0.05) is 36.3 Å². The molecule has 0 unspecified atom stereocenters. The summed E-state index contributed by atoms with van der Waals surface area (Å²) >= 11 is 0. The average Bonchev–Trinajstić information content (AvgIpc) is 3.10. The van der Waals surface area contributed by atoms with E-state index in [0.717, 1.165) is 24.8 Å². The van der Waals surface area contributed by atoms with E-state index in [1.54, 1.807) is 0 Å². The third-order valence-corrected chi connectivity index (χ3v) is 4.74. The molecular formula is C18H25N3O3. The predicted octanol–water partition coefficient (Wildman–Crippen LogP) is 2.32. The zero-order valence-corrected chi connectivity index (χ0v) is 14.1. The number of hydrogen-bond acceptors (Lipinski definition) is 6. The number of ether oxygens (including phenoxy) is 1. The second kappa shape index (κ2) is 7.88. The van der Waals surface area contributed by atoms with Gasteiger partial charge in [0.05, 0.1) is 6.54 Å². The third kappa shape index (κ3) is 4.01. The molecule has 0 bridgehead atoms. The Morgan fingerprint density at radius 3 is 2.62 bits per heavy atom. The van der Waals surface area contributed by atoms with Crippen LogP contribution in [0.25, 0.3) is 11.4 Å². The molecule has 2 heterocycles. The fourth-order valence-corrected chi connectivity index (χ4v) is 3.09. The van der Waals surface area contributed by atoms with Gasteiger partial charge in [0.1, 0.15) is 0 Å². The van der Waals surface area contributed by atoms with Crippen LogP contribution in [0.2, 0.25) is 0 Å². The van der Waals surface area contributed by atoms with Gasteiger partial charge in [-0.3, -0.25) is 0 Å². The summed E-state index contributed by atoms with van der Waals surface area (Å²) in [6.45, 7) is 4.22. The Kier molecular flexibility index (Phi) is 5.60. The lowest BCUT2D eigenvalue weighted by Gasteiger charge is -2.37. The normalized spacial score (nSPS) is 17.1. The standard InChI is InChI=1S/C18H25N3O3/c1-2-14-3-5-15(6-4-14)17-20-16(24-21-17)13-19-18(7-10-22)8-11-23-12-9-18/h3-6,19,22H,2,7-13H2,1H3. The predicted molar refractivity (Wildman–Crippen MR) is 90.4 cm³/mol. The SMILES string of the molecule is CCc1ccc(-c2noc(CNC3(CCO)CCOCC3)n2)cc1. The third-order valence-electron chi connectivity index (χ3n) is 4.74. The molecule has 24 heavy (non-hydrogen) atoms. The summed E-state index contributed by atoms with van der Waals surface area (Å²) in [4.78, 5) is 4.48. The Morgan fingerprint density at radius 1 is 1.21 bits per heavy atom. The van der Waals surface area contributed by atoms with Crippen molar-refractivity contribution in [3.8, 4) is 11.4 Å². The van der Waals surface area contributed by atoms with Gasteiger partial charge in [0.25, 0.3) is 0 Å². The molecule has 1 aromatic heterocycles. The number of nitrogens with one attached hydrogen (secondary N) is 1. The highest BCUT2D eigenvalue weighted by Gasteiger charge is 2.31. The van der Waals surface area contributed by atoms with E-state index >= 15 is 0 Å². The van der Waals surface area contributed by atoms with Gasteiger partial charge in [0.15, 0.2) is 0 Å². The molecule has 0 radical (unpaired) electrons. The van der Waals surface area contributed by atoms with E-state index in [1.807, 2.05) is 12.1 Å². The summed E-state index contributed by atoms with van der Waals surface area (Å²) in [6.07, 6.45) is 3.48. The van der Waals surface area contributed by atoms with Gasteiger partial charge in [-0.15, -0.1) is 0 Å². The highest BCUT2D eigenvalue weighted by molar-refractivity contribution is 5.54. The molecule has 1 saturated heterocycles. The Morgan fingerprint density at radius 2 is 1.96 bits per heavy atom. The monoisotopic (exact) mass is 331 g/mol. The molecule has 1 fully saturated rings. The number of nitrogens with zero attached hydrogens (tertiary/aromatic N) is 2. The first-order valence-corrected chi connectivity index (χ1v) is 8.60. The maximum Gasteiger partial charge on any atom is 0.240 e. The maximum absolute atomic E-state index is 9.34. The van der Waals surface area contributed by atoms with E-state index in [1.165, 1.54) is 5.56 Å². The largest absolute Gasteiger partial charge is 0.396 e. The molecule has 0 spiro atoms. The van der Waals surface area contributed by atoms with Crippen molar-refractivity contribution in [1.29, 1.82) is 0 Å². The van der Waals surface area contributed by atoms with E-state index < -0.39 is 0 Å². The second-order valence-corrected chi connectivity index (χ2v) is 6.28. The molecule has 3 rings (SSSR count). The van der Waals surface area contributed by atoms with Crippen LogP contribution in [-0.2, 0) is 17.7 Å². The lowest BCUT2D eigenvalue weighted by atomic mass is 9.87.